The predicted octanol–water partition coefficient (Wildman–Crippen LogP) is 4.24. The Labute approximate surface area is 199 Å². The number of nitrogen functional groups attached to an aromatic ring is 1. The van der Waals surface area contributed by atoms with E-state index in [4.69, 9.17) is 19.6 Å². The van der Waals surface area contributed by atoms with Gasteiger partial charge in [-0.1, -0.05) is 0 Å². The summed E-state index contributed by atoms with van der Waals surface area (Å²) in [7, 11) is 0. The van der Waals surface area contributed by atoms with Gasteiger partial charge in [0.15, 0.2) is 5.58 Å². The number of aromatic nitrogens is 1. The lowest BCUT2D eigenvalue weighted by Crippen LogP contribution is -2.38. The van der Waals surface area contributed by atoms with E-state index in [0.717, 1.165) is 49.1 Å². The summed E-state index contributed by atoms with van der Waals surface area (Å²) in [6.07, 6.45) is 1.95. The first-order chi connectivity index (χ1) is 16.4. The molecule has 0 radical (unpaired) electrons. The number of benzene rings is 2. The normalized spacial score (nSPS) is 14.8. The molecular formula is C25H33N5O4. The summed E-state index contributed by atoms with van der Waals surface area (Å²) in [5, 5.41) is 6.28. The molecular weight excluding hydrogens is 434 g/mol. The minimum absolute atomic E-state index is 0.161. The average molecular weight is 468 g/mol. The van der Waals surface area contributed by atoms with Crippen LogP contribution in [0.15, 0.2) is 34.7 Å². The van der Waals surface area contributed by atoms with Gasteiger partial charge in [-0.25, -0.2) is 0 Å². The Balaban J connectivity index is 1.40. The van der Waals surface area contributed by atoms with E-state index in [-0.39, 0.29) is 5.91 Å². The Hall–Kier alpha value is -3.46. The van der Waals surface area contributed by atoms with Crippen molar-refractivity contribution in [2.24, 2.45) is 0 Å². The van der Waals surface area contributed by atoms with Gasteiger partial charge < -0.3 is 30.3 Å². The fourth-order valence-corrected chi connectivity index (χ4v) is 4.25. The summed E-state index contributed by atoms with van der Waals surface area (Å²) >= 11 is 0. The lowest BCUT2D eigenvalue weighted by atomic mass is 10.0. The van der Waals surface area contributed by atoms with Crippen molar-refractivity contribution in [2.75, 3.05) is 42.7 Å². The van der Waals surface area contributed by atoms with E-state index in [1.807, 2.05) is 44.2 Å². The molecule has 4 N–H and O–H groups in total. The van der Waals surface area contributed by atoms with Crippen molar-refractivity contribution in [2.45, 2.75) is 46.2 Å². The van der Waals surface area contributed by atoms with Crippen LogP contribution in [-0.2, 0) is 11.3 Å². The second kappa shape index (κ2) is 10.6. The molecule has 0 saturated carbocycles. The van der Waals surface area contributed by atoms with Crippen LogP contribution in [0.2, 0.25) is 0 Å². The highest BCUT2D eigenvalue weighted by Gasteiger charge is 2.22. The van der Waals surface area contributed by atoms with Gasteiger partial charge in [0.05, 0.1) is 13.2 Å². The Morgan fingerprint density at radius 2 is 1.82 bits per heavy atom. The number of nitrogens with one attached hydrogen (secondary N) is 2. The molecule has 1 amide bonds. The fourth-order valence-electron chi connectivity index (χ4n) is 4.25. The van der Waals surface area contributed by atoms with Gasteiger partial charge in [-0.05, 0) is 62.6 Å². The van der Waals surface area contributed by atoms with Crippen molar-refractivity contribution in [1.29, 1.82) is 0 Å². The van der Waals surface area contributed by atoms with Crippen LogP contribution in [0.25, 0.3) is 11.1 Å². The lowest BCUT2D eigenvalue weighted by molar-refractivity contribution is -0.114. The summed E-state index contributed by atoms with van der Waals surface area (Å²) in [5.74, 6) is 1.10. The van der Waals surface area contributed by atoms with E-state index >= 15 is 0 Å². The van der Waals surface area contributed by atoms with Crippen LogP contribution in [0.3, 0.4) is 0 Å². The van der Waals surface area contributed by atoms with E-state index in [9.17, 15) is 4.79 Å². The summed E-state index contributed by atoms with van der Waals surface area (Å²) < 4.78 is 17.5. The highest BCUT2D eigenvalue weighted by atomic mass is 16.5. The Morgan fingerprint density at radius 3 is 2.44 bits per heavy atom. The van der Waals surface area contributed by atoms with Crippen LogP contribution in [0, 0.1) is 0 Å². The molecule has 2 heterocycles. The Morgan fingerprint density at radius 1 is 1.15 bits per heavy atom. The van der Waals surface area contributed by atoms with Crippen LogP contribution in [0.4, 0.5) is 17.4 Å². The number of nitrogens with two attached hydrogens (primary N) is 1. The van der Waals surface area contributed by atoms with Gasteiger partial charge in [0, 0.05) is 38.3 Å². The highest BCUT2D eigenvalue weighted by molar-refractivity contribution is 5.92. The zero-order valence-electron chi connectivity index (χ0n) is 20.0. The zero-order chi connectivity index (χ0) is 24.1. The molecule has 182 valence electrons. The van der Waals surface area contributed by atoms with E-state index in [1.165, 1.54) is 6.92 Å². The number of oxazole rings is 1. The van der Waals surface area contributed by atoms with E-state index < -0.39 is 0 Å². The molecule has 1 saturated heterocycles. The molecule has 3 aromatic rings. The number of anilines is 3. The number of rotatable bonds is 9. The number of likely N-dealkylation sites (tertiary alicyclic amines) is 1. The standard InChI is InChI=1S/C25H33N5O4/c1-4-32-22-12-17(13-23(33-5-2)24(22)27-16(3)31)15-30-10-8-19(9-11-30)28-25-29-20-14-18(26)6-7-21(20)34-25/h6-7,12-14,19H,4-5,8-11,15,26H2,1-3H3,(H,27,31)(H,28,29). The molecule has 9 nitrogen and oxygen atoms in total. The smallest absolute Gasteiger partial charge is 0.295 e. The molecule has 0 bridgehead atoms. The van der Waals surface area contributed by atoms with Crippen molar-refractivity contribution in [3.05, 3.63) is 35.9 Å². The topological polar surface area (TPSA) is 115 Å². The molecule has 0 unspecified atom stereocenters. The van der Waals surface area contributed by atoms with Crippen molar-refractivity contribution in [1.82, 2.24) is 9.88 Å². The molecule has 1 aromatic heterocycles. The van der Waals surface area contributed by atoms with Crippen molar-refractivity contribution < 1.29 is 18.7 Å². The molecule has 1 fully saturated rings. The zero-order valence-corrected chi connectivity index (χ0v) is 20.0. The first-order valence-corrected chi connectivity index (χ1v) is 11.8. The number of amides is 1. The minimum Gasteiger partial charge on any atom is -0.492 e. The first-order valence-electron chi connectivity index (χ1n) is 11.8. The Bertz CT molecular complexity index is 1110. The molecule has 1 aliphatic heterocycles. The number of hydrogen-bond donors (Lipinski definition) is 3. The summed E-state index contributed by atoms with van der Waals surface area (Å²) in [4.78, 5) is 18.6. The SMILES string of the molecule is CCOc1cc(CN2CCC(Nc3nc4cc(N)ccc4o3)CC2)cc(OCC)c1NC(C)=O. The average Bonchev–Trinajstić information content (AvgIpc) is 3.19. The molecule has 9 heteroatoms. The van der Waals surface area contributed by atoms with Gasteiger partial charge in [0.2, 0.25) is 5.91 Å². The third-order valence-electron chi connectivity index (χ3n) is 5.76. The fraction of sp³-hybridized carbons (Fsp3) is 0.440. The van der Waals surface area contributed by atoms with Gasteiger partial charge in [0.25, 0.3) is 6.01 Å². The maximum absolute atomic E-state index is 11.7. The number of fused-ring (bicyclic) bond motifs is 1. The van der Waals surface area contributed by atoms with Crippen LogP contribution >= 0.6 is 0 Å². The third-order valence-corrected chi connectivity index (χ3v) is 5.76. The quantitative estimate of drug-likeness (QED) is 0.400. The Kier molecular flexibility index (Phi) is 7.42. The second-order valence-electron chi connectivity index (χ2n) is 8.46. The lowest BCUT2D eigenvalue weighted by Gasteiger charge is -2.32. The van der Waals surface area contributed by atoms with Crippen LogP contribution in [-0.4, -0.2) is 48.1 Å². The largest absolute Gasteiger partial charge is 0.492 e. The molecule has 0 atom stereocenters. The number of nitrogens with zero attached hydrogens (tertiary/aromatic N) is 2. The monoisotopic (exact) mass is 467 g/mol. The van der Waals surface area contributed by atoms with Crippen LogP contribution < -0.4 is 25.8 Å². The second-order valence-corrected chi connectivity index (χ2v) is 8.46. The predicted molar refractivity (Wildman–Crippen MR) is 133 cm³/mol. The van der Waals surface area contributed by atoms with Crippen LogP contribution in [0.1, 0.15) is 39.2 Å². The maximum Gasteiger partial charge on any atom is 0.295 e. The molecule has 1 aliphatic rings. The van der Waals surface area contributed by atoms with E-state index in [0.29, 0.717) is 48.1 Å². The van der Waals surface area contributed by atoms with E-state index in [1.54, 1.807) is 0 Å². The van der Waals surface area contributed by atoms with Gasteiger partial charge >= 0.3 is 0 Å². The van der Waals surface area contributed by atoms with E-state index in [2.05, 4.69) is 20.5 Å². The maximum atomic E-state index is 11.7. The van der Waals surface area contributed by atoms with Crippen molar-refractivity contribution in [3.63, 3.8) is 0 Å². The van der Waals surface area contributed by atoms with Gasteiger partial charge in [-0.2, -0.15) is 4.98 Å². The van der Waals surface area contributed by atoms with Crippen molar-refractivity contribution in [3.8, 4) is 11.5 Å². The van der Waals surface area contributed by atoms with Gasteiger partial charge in [0.1, 0.15) is 22.7 Å². The summed E-state index contributed by atoms with van der Waals surface area (Å²) in [6.45, 7) is 8.98. The number of carbonyl (C=O) groups excluding carboxylic acids is 1. The minimum atomic E-state index is -0.161. The summed E-state index contributed by atoms with van der Waals surface area (Å²) in [5.41, 5.74) is 9.67. The molecule has 4 rings (SSSR count). The first kappa shape index (κ1) is 23.7. The van der Waals surface area contributed by atoms with Gasteiger partial charge in [-0.3, -0.25) is 9.69 Å². The molecule has 2 aromatic carbocycles. The molecule has 34 heavy (non-hydrogen) atoms. The number of ether oxygens (including phenoxy) is 2. The highest BCUT2D eigenvalue weighted by Crippen LogP contribution is 2.37. The van der Waals surface area contributed by atoms with Crippen LogP contribution in [0.5, 0.6) is 11.5 Å². The van der Waals surface area contributed by atoms with Gasteiger partial charge in [-0.15, -0.1) is 0 Å². The number of carbonyl (C=O) groups is 1. The molecule has 0 spiro atoms. The molecule has 0 aliphatic carbocycles. The number of piperidine rings is 1. The number of hydrogen-bond acceptors (Lipinski definition) is 8. The summed E-state index contributed by atoms with van der Waals surface area (Å²) in [6, 6.07) is 10.3. The van der Waals surface area contributed by atoms with Crippen molar-refractivity contribution >= 4 is 34.4 Å². The third kappa shape index (κ3) is 5.72.